The summed E-state index contributed by atoms with van der Waals surface area (Å²) >= 11 is 1.36. The quantitative estimate of drug-likeness (QED) is 0.705. The standard InChI is InChI=1S/C21H16FN3O2S/c22-14-5-7-18-16(12-14)21(27)25-17-11-13(4-6-19(17)28-18)20(26)24-10-8-15-3-1-2-9-23-15/h1-7,9,11-12H,8,10H2,(H,24,26)(H,25,27). The Morgan fingerprint density at radius 3 is 2.79 bits per heavy atom. The van der Waals surface area contributed by atoms with E-state index in [9.17, 15) is 14.0 Å². The molecule has 4 rings (SSSR count). The Morgan fingerprint density at radius 1 is 1.11 bits per heavy atom. The fourth-order valence-corrected chi connectivity index (χ4v) is 3.88. The molecule has 2 aromatic carbocycles. The van der Waals surface area contributed by atoms with Gasteiger partial charge in [0, 0.05) is 40.2 Å². The minimum atomic E-state index is -0.464. The summed E-state index contributed by atoms with van der Waals surface area (Å²) < 4.78 is 13.5. The van der Waals surface area contributed by atoms with Crippen molar-refractivity contribution in [2.24, 2.45) is 0 Å². The molecule has 0 unspecified atom stereocenters. The smallest absolute Gasteiger partial charge is 0.256 e. The molecule has 0 spiro atoms. The Hall–Kier alpha value is -3.19. The van der Waals surface area contributed by atoms with Crippen LogP contribution in [0.1, 0.15) is 26.4 Å². The molecule has 7 heteroatoms. The van der Waals surface area contributed by atoms with E-state index >= 15 is 0 Å². The Morgan fingerprint density at radius 2 is 1.96 bits per heavy atom. The first kappa shape index (κ1) is 18.2. The summed E-state index contributed by atoms with van der Waals surface area (Å²) in [6, 6.07) is 14.9. The van der Waals surface area contributed by atoms with Gasteiger partial charge in [0.15, 0.2) is 0 Å². The number of amides is 2. The molecule has 1 aliphatic rings. The molecule has 0 aliphatic carbocycles. The van der Waals surface area contributed by atoms with E-state index in [2.05, 4.69) is 15.6 Å². The number of anilines is 1. The highest BCUT2D eigenvalue weighted by Crippen LogP contribution is 2.39. The number of hydrogen-bond donors (Lipinski definition) is 2. The molecule has 140 valence electrons. The summed E-state index contributed by atoms with van der Waals surface area (Å²) in [6.07, 6.45) is 2.35. The van der Waals surface area contributed by atoms with Crippen LogP contribution in [0.5, 0.6) is 0 Å². The molecule has 0 fully saturated rings. The lowest BCUT2D eigenvalue weighted by atomic mass is 10.1. The van der Waals surface area contributed by atoms with Crippen LogP contribution in [0.4, 0.5) is 10.1 Å². The molecule has 0 bridgehead atoms. The maximum atomic E-state index is 13.5. The van der Waals surface area contributed by atoms with E-state index in [1.165, 1.54) is 23.9 Å². The first-order chi connectivity index (χ1) is 13.6. The van der Waals surface area contributed by atoms with Gasteiger partial charge in [-0.2, -0.15) is 0 Å². The maximum Gasteiger partial charge on any atom is 0.256 e. The van der Waals surface area contributed by atoms with Gasteiger partial charge in [-0.05, 0) is 48.5 Å². The van der Waals surface area contributed by atoms with Crippen molar-refractivity contribution in [2.75, 3.05) is 11.9 Å². The zero-order chi connectivity index (χ0) is 19.5. The maximum absolute atomic E-state index is 13.5. The number of halogens is 1. The molecule has 5 nitrogen and oxygen atoms in total. The van der Waals surface area contributed by atoms with Gasteiger partial charge >= 0.3 is 0 Å². The van der Waals surface area contributed by atoms with Crippen molar-refractivity contribution < 1.29 is 14.0 Å². The van der Waals surface area contributed by atoms with Crippen molar-refractivity contribution in [3.63, 3.8) is 0 Å². The van der Waals surface area contributed by atoms with Crippen molar-refractivity contribution in [1.29, 1.82) is 0 Å². The van der Waals surface area contributed by atoms with Gasteiger partial charge in [0.05, 0.1) is 11.3 Å². The van der Waals surface area contributed by atoms with Gasteiger partial charge in [-0.3, -0.25) is 14.6 Å². The second kappa shape index (κ2) is 7.82. The van der Waals surface area contributed by atoms with Crippen molar-refractivity contribution in [3.05, 3.63) is 83.4 Å². The molecule has 1 aromatic heterocycles. The fraction of sp³-hybridized carbons (Fsp3) is 0.0952. The normalized spacial score (nSPS) is 12.4. The number of nitrogens with one attached hydrogen (secondary N) is 2. The molecule has 0 atom stereocenters. The monoisotopic (exact) mass is 393 g/mol. The number of hydrogen-bond acceptors (Lipinski definition) is 4. The van der Waals surface area contributed by atoms with Crippen LogP contribution in [-0.2, 0) is 6.42 Å². The molecule has 0 radical (unpaired) electrons. The number of nitrogens with zero attached hydrogens (tertiary/aromatic N) is 1. The summed E-state index contributed by atoms with van der Waals surface area (Å²) in [6.45, 7) is 0.457. The van der Waals surface area contributed by atoms with Gasteiger partial charge < -0.3 is 10.6 Å². The average molecular weight is 393 g/mol. The fourth-order valence-electron chi connectivity index (χ4n) is 2.89. The highest BCUT2D eigenvalue weighted by atomic mass is 32.2. The predicted octanol–water partition coefficient (Wildman–Crippen LogP) is 3.91. The Kier molecular flexibility index (Phi) is 5.08. The number of fused-ring (bicyclic) bond motifs is 2. The topological polar surface area (TPSA) is 71.1 Å². The summed E-state index contributed by atoms with van der Waals surface area (Å²) in [7, 11) is 0. The SMILES string of the molecule is O=C(NCCc1ccccn1)c1ccc2c(c1)NC(=O)c1cc(F)ccc1S2. The van der Waals surface area contributed by atoms with Crippen LogP contribution < -0.4 is 10.6 Å². The molecule has 0 saturated heterocycles. The molecule has 2 heterocycles. The average Bonchev–Trinajstić information content (AvgIpc) is 2.84. The number of pyridine rings is 1. The molecule has 1 aliphatic heterocycles. The van der Waals surface area contributed by atoms with Gasteiger partial charge in [0.1, 0.15) is 5.82 Å². The highest BCUT2D eigenvalue weighted by molar-refractivity contribution is 7.99. The summed E-state index contributed by atoms with van der Waals surface area (Å²) in [5.74, 6) is -1.09. The molecular formula is C21H16FN3O2S. The van der Waals surface area contributed by atoms with E-state index in [-0.39, 0.29) is 11.5 Å². The van der Waals surface area contributed by atoms with Crippen LogP contribution in [0.2, 0.25) is 0 Å². The molecule has 2 amide bonds. The number of rotatable bonds is 4. The number of aromatic nitrogens is 1. The van der Waals surface area contributed by atoms with E-state index in [0.29, 0.717) is 29.1 Å². The lowest BCUT2D eigenvalue weighted by Crippen LogP contribution is -2.26. The van der Waals surface area contributed by atoms with Gasteiger partial charge in [-0.15, -0.1) is 0 Å². The van der Waals surface area contributed by atoms with E-state index in [4.69, 9.17) is 0 Å². The van der Waals surface area contributed by atoms with E-state index in [1.54, 1.807) is 30.5 Å². The number of carbonyl (C=O) groups is 2. The number of benzene rings is 2. The van der Waals surface area contributed by atoms with E-state index in [1.807, 2.05) is 18.2 Å². The first-order valence-electron chi connectivity index (χ1n) is 8.71. The highest BCUT2D eigenvalue weighted by Gasteiger charge is 2.21. The van der Waals surface area contributed by atoms with Crippen LogP contribution in [0.25, 0.3) is 0 Å². The molecule has 28 heavy (non-hydrogen) atoms. The van der Waals surface area contributed by atoms with Crippen LogP contribution in [0.3, 0.4) is 0 Å². The van der Waals surface area contributed by atoms with Gasteiger partial charge in [-0.25, -0.2) is 4.39 Å². The second-order valence-electron chi connectivity index (χ2n) is 6.23. The summed E-state index contributed by atoms with van der Waals surface area (Å²) in [5, 5.41) is 5.62. The lowest BCUT2D eigenvalue weighted by molar-refractivity contribution is 0.0952. The first-order valence-corrected chi connectivity index (χ1v) is 9.53. The molecular weight excluding hydrogens is 377 g/mol. The Labute approximate surface area is 165 Å². The van der Waals surface area contributed by atoms with Crippen LogP contribution >= 0.6 is 11.8 Å². The molecule has 2 N–H and O–H groups in total. The molecule has 3 aromatic rings. The van der Waals surface area contributed by atoms with Gasteiger partial charge in [0.2, 0.25) is 0 Å². The van der Waals surface area contributed by atoms with Crippen molar-refractivity contribution in [1.82, 2.24) is 10.3 Å². The van der Waals surface area contributed by atoms with E-state index < -0.39 is 11.7 Å². The van der Waals surface area contributed by atoms with Crippen LogP contribution in [0, 0.1) is 5.82 Å². The van der Waals surface area contributed by atoms with Crippen molar-refractivity contribution in [3.8, 4) is 0 Å². The van der Waals surface area contributed by atoms with Gasteiger partial charge in [0.25, 0.3) is 11.8 Å². The van der Waals surface area contributed by atoms with Crippen LogP contribution in [0.15, 0.2) is 70.6 Å². The third kappa shape index (κ3) is 3.89. The Bertz CT molecular complexity index is 1060. The Balaban J connectivity index is 1.48. The number of carbonyl (C=O) groups excluding carboxylic acids is 2. The van der Waals surface area contributed by atoms with Crippen molar-refractivity contribution in [2.45, 2.75) is 16.2 Å². The van der Waals surface area contributed by atoms with Crippen LogP contribution in [-0.4, -0.2) is 23.3 Å². The summed E-state index contributed by atoms with van der Waals surface area (Å²) in [5.41, 5.74) is 2.16. The van der Waals surface area contributed by atoms with E-state index in [0.717, 1.165) is 10.6 Å². The largest absolute Gasteiger partial charge is 0.352 e. The zero-order valence-electron chi connectivity index (χ0n) is 14.7. The summed E-state index contributed by atoms with van der Waals surface area (Å²) in [4.78, 5) is 30.6. The molecule has 0 saturated carbocycles. The van der Waals surface area contributed by atoms with Crippen molar-refractivity contribution >= 4 is 29.3 Å². The second-order valence-corrected chi connectivity index (χ2v) is 7.32. The van der Waals surface area contributed by atoms with Gasteiger partial charge in [-0.1, -0.05) is 17.8 Å². The predicted molar refractivity (Wildman–Crippen MR) is 105 cm³/mol. The third-order valence-electron chi connectivity index (χ3n) is 4.29. The minimum absolute atomic E-state index is 0.231. The zero-order valence-corrected chi connectivity index (χ0v) is 15.6. The third-order valence-corrected chi connectivity index (χ3v) is 5.44. The lowest BCUT2D eigenvalue weighted by Gasteiger charge is -2.09. The minimum Gasteiger partial charge on any atom is -0.352 e.